The van der Waals surface area contributed by atoms with Crippen LogP contribution in [0.3, 0.4) is 0 Å². The molecule has 4 aromatic rings. The SMILES string of the molecule is O=C(Nc1c[nH]nc1-c1nc2ccccc2[nH]1)c1c(F)cc(F)cc1Cl. The number of para-hydroxylation sites is 2. The molecular formula is C17H10ClF2N5O. The van der Waals surface area contributed by atoms with Crippen molar-refractivity contribution in [1.82, 2.24) is 20.2 Å². The fourth-order valence-corrected chi connectivity index (χ4v) is 2.85. The first-order valence-electron chi connectivity index (χ1n) is 7.47. The molecule has 0 fully saturated rings. The summed E-state index contributed by atoms with van der Waals surface area (Å²) in [6.07, 6.45) is 1.43. The van der Waals surface area contributed by atoms with E-state index in [1.165, 1.54) is 6.20 Å². The summed E-state index contributed by atoms with van der Waals surface area (Å²) < 4.78 is 27.1. The number of hydrogen-bond donors (Lipinski definition) is 3. The van der Waals surface area contributed by atoms with Crippen LogP contribution >= 0.6 is 11.6 Å². The number of fused-ring (bicyclic) bond motifs is 1. The van der Waals surface area contributed by atoms with E-state index >= 15 is 0 Å². The maximum Gasteiger partial charge on any atom is 0.260 e. The van der Waals surface area contributed by atoms with Crippen molar-refractivity contribution in [2.24, 2.45) is 0 Å². The summed E-state index contributed by atoms with van der Waals surface area (Å²) in [5, 5.41) is 8.88. The summed E-state index contributed by atoms with van der Waals surface area (Å²) in [6, 6.07) is 8.85. The third-order valence-corrected chi connectivity index (χ3v) is 4.03. The number of halogens is 3. The molecule has 0 atom stereocenters. The molecule has 0 spiro atoms. The van der Waals surface area contributed by atoms with Crippen LogP contribution in [0.15, 0.2) is 42.6 Å². The predicted molar refractivity (Wildman–Crippen MR) is 93.0 cm³/mol. The molecule has 9 heteroatoms. The van der Waals surface area contributed by atoms with Gasteiger partial charge in [-0.05, 0) is 18.2 Å². The number of aromatic nitrogens is 4. The highest BCUT2D eigenvalue weighted by molar-refractivity contribution is 6.34. The zero-order chi connectivity index (χ0) is 18.3. The molecule has 3 N–H and O–H groups in total. The lowest BCUT2D eigenvalue weighted by atomic mass is 10.2. The second-order valence-corrected chi connectivity index (χ2v) is 5.86. The molecule has 0 aliphatic heterocycles. The number of rotatable bonds is 3. The number of carbonyl (C=O) groups is 1. The number of amides is 1. The molecule has 6 nitrogen and oxygen atoms in total. The fourth-order valence-electron chi connectivity index (χ4n) is 2.57. The average molecular weight is 374 g/mol. The summed E-state index contributed by atoms with van der Waals surface area (Å²) in [4.78, 5) is 19.9. The van der Waals surface area contributed by atoms with Gasteiger partial charge in [0.2, 0.25) is 0 Å². The normalized spacial score (nSPS) is 11.0. The van der Waals surface area contributed by atoms with Crippen molar-refractivity contribution < 1.29 is 13.6 Å². The number of benzene rings is 2. The van der Waals surface area contributed by atoms with Crippen LogP contribution in [-0.2, 0) is 0 Å². The van der Waals surface area contributed by atoms with Crippen LogP contribution in [0.1, 0.15) is 10.4 Å². The van der Waals surface area contributed by atoms with Crippen molar-refractivity contribution in [1.29, 1.82) is 0 Å². The summed E-state index contributed by atoms with van der Waals surface area (Å²) in [6.45, 7) is 0. The number of aromatic amines is 2. The number of nitrogens with one attached hydrogen (secondary N) is 3. The minimum Gasteiger partial charge on any atom is -0.337 e. The third kappa shape index (κ3) is 2.80. The van der Waals surface area contributed by atoms with Crippen molar-refractivity contribution in [3.8, 4) is 11.5 Å². The molecule has 26 heavy (non-hydrogen) atoms. The van der Waals surface area contributed by atoms with Gasteiger partial charge in [0.05, 0.1) is 27.3 Å². The molecule has 2 heterocycles. The van der Waals surface area contributed by atoms with E-state index < -0.39 is 23.1 Å². The van der Waals surface area contributed by atoms with E-state index in [0.717, 1.165) is 17.1 Å². The number of carbonyl (C=O) groups excluding carboxylic acids is 1. The molecule has 2 aromatic heterocycles. The van der Waals surface area contributed by atoms with Gasteiger partial charge in [0.25, 0.3) is 5.91 Å². The van der Waals surface area contributed by atoms with E-state index in [-0.39, 0.29) is 10.7 Å². The zero-order valence-electron chi connectivity index (χ0n) is 13.0. The molecule has 0 saturated heterocycles. The molecular weight excluding hydrogens is 364 g/mol. The van der Waals surface area contributed by atoms with Crippen LogP contribution in [0.2, 0.25) is 5.02 Å². The predicted octanol–water partition coefficient (Wildman–Crippen LogP) is 4.14. The Balaban J connectivity index is 1.68. The lowest BCUT2D eigenvalue weighted by molar-refractivity contribution is 0.102. The van der Waals surface area contributed by atoms with Gasteiger partial charge in [0, 0.05) is 12.3 Å². The van der Waals surface area contributed by atoms with E-state index in [4.69, 9.17) is 11.6 Å². The zero-order valence-corrected chi connectivity index (χ0v) is 13.7. The lowest BCUT2D eigenvalue weighted by Crippen LogP contribution is -2.15. The van der Waals surface area contributed by atoms with Crippen molar-refractivity contribution in [2.75, 3.05) is 5.32 Å². The van der Waals surface area contributed by atoms with Crippen molar-refractivity contribution in [3.63, 3.8) is 0 Å². The van der Waals surface area contributed by atoms with Crippen molar-refractivity contribution in [3.05, 3.63) is 64.8 Å². The maximum absolute atomic E-state index is 13.9. The minimum absolute atomic E-state index is 0.272. The first-order chi connectivity index (χ1) is 12.5. The molecule has 1 amide bonds. The van der Waals surface area contributed by atoms with Crippen LogP contribution in [0.4, 0.5) is 14.5 Å². The highest BCUT2D eigenvalue weighted by Gasteiger charge is 2.21. The Morgan fingerprint density at radius 3 is 2.77 bits per heavy atom. The molecule has 130 valence electrons. The Bertz CT molecular complexity index is 1080. The molecule has 0 aliphatic carbocycles. The van der Waals surface area contributed by atoms with Gasteiger partial charge in [-0.15, -0.1) is 0 Å². The monoisotopic (exact) mass is 373 g/mol. The van der Waals surface area contributed by atoms with Crippen LogP contribution in [0.25, 0.3) is 22.6 Å². The Labute approximate surface area is 150 Å². The first-order valence-corrected chi connectivity index (χ1v) is 7.85. The topological polar surface area (TPSA) is 86.5 Å². The highest BCUT2D eigenvalue weighted by atomic mass is 35.5. The maximum atomic E-state index is 13.9. The van der Waals surface area contributed by atoms with Gasteiger partial charge in [-0.3, -0.25) is 9.89 Å². The van der Waals surface area contributed by atoms with Gasteiger partial charge in [0.1, 0.15) is 11.6 Å². The van der Waals surface area contributed by atoms with Crippen LogP contribution in [0, 0.1) is 11.6 Å². The number of H-pyrrole nitrogens is 2. The van der Waals surface area contributed by atoms with Crippen molar-refractivity contribution >= 4 is 34.2 Å². The molecule has 0 aliphatic rings. The van der Waals surface area contributed by atoms with E-state index in [0.29, 0.717) is 17.6 Å². The minimum atomic E-state index is -1.05. The van der Waals surface area contributed by atoms with E-state index in [1.807, 2.05) is 24.3 Å². The highest BCUT2D eigenvalue weighted by Crippen LogP contribution is 2.27. The number of imidazole rings is 1. The second kappa shape index (κ2) is 6.23. The Hall–Kier alpha value is -3.26. The van der Waals surface area contributed by atoms with Crippen LogP contribution in [-0.4, -0.2) is 26.1 Å². The summed E-state index contributed by atoms with van der Waals surface area (Å²) >= 11 is 5.80. The van der Waals surface area contributed by atoms with E-state index in [9.17, 15) is 13.6 Å². The number of nitrogens with zero attached hydrogens (tertiary/aromatic N) is 2. The average Bonchev–Trinajstić information content (AvgIpc) is 3.19. The summed E-state index contributed by atoms with van der Waals surface area (Å²) in [5.74, 6) is -2.32. The fraction of sp³-hybridized carbons (Fsp3) is 0. The standard InChI is InChI=1S/C17H10ClF2N5O/c18-9-5-8(19)6-10(20)14(9)17(26)24-13-7-21-25-15(13)16-22-11-3-1-2-4-12(11)23-16/h1-7H,(H,21,25)(H,22,23)(H,24,26). The molecule has 2 aromatic carbocycles. The Morgan fingerprint density at radius 2 is 2.00 bits per heavy atom. The van der Waals surface area contributed by atoms with Gasteiger partial charge >= 0.3 is 0 Å². The van der Waals surface area contributed by atoms with Gasteiger partial charge in [-0.2, -0.15) is 5.10 Å². The van der Waals surface area contributed by atoms with E-state index in [1.54, 1.807) is 0 Å². The number of anilines is 1. The quantitative estimate of drug-likeness (QED) is 0.504. The largest absolute Gasteiger partial charge is 0.337 e. The lowest BCUT2D eigenvalue weighted by Gasteiger charge is -2.07. The number of hydrogen-bond acceptors (Lipinski definition) is 3. The molecule has 4 rings (SSSR count). The third-order valence-electron chi connectivity index (χ3n) is 3.74. The second-order valence-electron chi connectivity index (χ2n) is 5.45. The van der Waals surface area contributed by atoms with Crippen molar-refractivity contribution in [2.45, 2.75) is 0 Å². The molecule has 0 unspecified atom stereocenters. The first kappa shape index (κ1) is 16.2. The van der Waals surface area contributed by atoms with Gasteiger partial charge in [0.15, 0.2) is 11.5 Å². The smallest absolute Gasteiger partial charge is 0.260 e. The van der Waals surface area contributed by atoms with Gasteiger partial charge in [-0.1, -0.05) is 23.7 Å². The molecule has 0 bridgehead atoms. The van der Waals surface area contributed by atoms with Gasteiger partial charge in [-0.25, -0.2) is 13.8 Å². The Morgan fingerprint density at radius 1 is 1.19 bits per heavy atom. The molecule has 0 saturated carbocycles. The summed E-state index contributed by atoms with van der Waals surface area (Å²) in [7, 11) is 0. The molecule has 0 radical (unpaired) electrons. The van der Waals surface area contributed by atoms with Gasteiger partial charge < -0.3 is 10.3 Å². The van der Waals surface area contributed by atoms with Crippen LogP contribution in [0.5, 0.6) is 0 Å². The van der Waals surface area contributed by atoms with E-state index in [2.05, 4.69) is 25.5 Å². The summed E-state index contributed by atoms with van der Waals surface area (Å²) in [5.41, 5.74) is 1.69. The van der Waals surface area contributed by atoms with Crippen LogP contribution < -0.4 is 5.32 Å². The Kier molecular flexibility index (Phi) is 3.89.